The molecule has 3 heterocycles. The summed E-state index contributed by atoms with van der Waals surface area (Å²) >= 11 is 1.66. The van der Waals surface area contributed by atoms with Gasteiger partial charge < -0.3 is 14.7 Å². The number of rotatable bonds is 7. The summed E-state index contributed by atoms with van der Waals surface area (Å²) in [6.45, 7) is 14.9. The molecule has 2 aromatic heterocycles. The Kier molecular flexibility index (Phi) is 7.17. The number of ether oxygens (including phenoxy) is 1. The number of pyridine rings is 1. The van der Waals surface area contributed by atoms with Gasteiger partial charge in [0, 0.05) is 35.6 Å². The zero-order valence-electron chi connectivity index (χ0n) is 21.6. The summed E-state index contributed by atoms with van der Waals surface area (Å²) in [6.07, 6.45) is 2.11. The highest BCUT2D eigenvalue weighted by Gasteiger charge is 2.30. The normalized spacial score (nSPS) is 15.3. The van der Waals surface area contributed by atoms with E-state index in [4.69, 9.17) is 9.72 Å². The monoisotopic (exact) mass is 493 g/mol. The second-order valence-electron chi connectivity index (χ2n) is 10.3. The first-order chi connectivity index (χ1) is 16.5. The first-order valence-electron chi connectivity index (χ1n) is 12.2. The molecule has 0 spiro atoms. The Balaban J connectivity index is 1.68. The van der Waals surface area contributed by atoms with Gasteiger partial charge in [0.2, 0.25) is 0 Å². The molecule has 1 saturated heterocycles. The zero-order valence-corrected chi connectivity index (χ0v) is 22.4. The van der Waals surface area contributed by atoms with Crippen LogP contribution in [0.15, 0.2) is 24.3 Å². The van der Waals surface area contributed by atoms with Gasteiger partial charge in [0.25, 0.3) is 0 Å². The second-order valence-corrected chi connectivity index (χ2v) is 11.5. The first kappa shape index (κ1) is 25.2. The lowest BCUT2D eigenvalue weighted by atomic mass is 9.82. The number of thiazole rings is 1. The number of piperidine rings is 1. The molecule has 3 aromatic rings. The number of hydrogen-bond donors (Lipinski definition) is 1. The molecule has 35 heavy (non-hydrogen) atoms. The Hall–Kier alpha value is -2.93. The highest BCUT2D eigenvalue weighted by Crippen LogP contribution is 2.41. The maximum atomic E-state index is 11.8. The minimum atomic E-state index is -0.833. The number of hydrogen-bond acceptors (Lipinski definition) is 6. The molecule has 0 bridgehead atoms. The van der Waals surface area contributed by atoms with Gasteiger partial charge in [0.05, 0.1) is 27.7 Å². The molecule has 0 amide bonds. The summed E-state index contributed by atoms with van der Waals surface area (Å²) in [5.41, 5.74) is 6.92. The van der Waals surface area contributed by atoms with Gasteiger partial charge in [0.15, 0.2) is 0 Å². The number of carboxylic acids is 1. The topological polar surface area (TPSA) is 75.5 Å². The number of benzene rings is 1. The van der Waals surface area contributed by atoms with Crippen molar-refractivity contribution in [3.8, 4) is 16.9 Å². The Morgan fingerprint density at radius 1 is 1.03 bits per heavy atom. The fourth-order valence-corrected chi connectivity index (χ4v) is 5.69. The smallest absolute Gasteiger partial charge is 0.307 e. The Morgan fingerprint density at radius 3 is 2.26 bits per heavy atom. The maximum absolute atomic E-state index is 11.8. The number of carboxylic acid groups (broad SMARTS) is 1. The van der Waals surface area contributed by atoms with Crippen LogP contribution in [0, 0.1) is 33.1 Å². The SMILES string of the molecule is Cc1nc(C)c(COc2ccc(-c3c(C)nc(C)c(CC(=O)O)c3N3CCC(C)(C)CC3)cc2)s1. The molecule has 0 radical (unpaired) electrons. The van der Waals surface area contributed by atoms with Crippen molar-refractivity contribution >= 4 is 23.0 Å². The predicted octanol–water partition coefficient (Wildman–Crippen LogP) is 6.27. The van der Waals surface area contributed by atoms with E-state index in [1.807, 2.05) is 39.8 Å². The number of aliphatic carboxylic acids is 1. The number of aryl methyl sites for hydroxylation is 4. The van der Waals surface area contributed by atoms with E-state index in [0.717, 1.165) is 81.0 Å². The van der Waals surface area contributed by atoms with Crippen LogP contribution in [0.25, 0.3) is 11.1 Å². The van der Waals surface area contributed by atoms with Crippen molar-refractivity contribution in [2.75, 3.05) is 18.0 Å². The molecule has 1 aromatic carbocycles. The average molecular weight is 494 g/mol. The summed E-state index contributed by atoms with van der Waals surface area (Å²) in [7, 11) is 0. The van der Waals surface area contributed by atoms with Crippen LogP contribution >= 0.6 is 11.3 Å². The number of nitrogens with zero attached hydrogens (tertiary/aromatic N) is 3. The van der Waals surface area contributed by atoms with Crippen molar-refractivity contribution in [1.82, 2.24) is 9.97 Å². The van der Waals surface area contributed by atoms with Gasteiger partial charge in [-0.3, -0.25) is 9.78 Å². The number of carbonyl (C=O) groups is 1. The third-order valence-corrected chi connectivity index (χ3v) is 7.98. The van der Waals surface area contributed by atoms with Crippen LogP contribution in [0.1, 0.15) is 59.2 Å². The van der Waals surface area contributed by atoms with E-state index in [2.05, 4.69) is 35.9 Å². The van der Waals surface area contributed by atoms with Crippen molar-refractivity contribution in [2.45, 2.75) is 67.4 Å². The van der Waals surface area contributed by atoms with Crippen molar-refractivity contribution in [1.29, 1.82) is 0 Å². The van der Waals surface area contributed by atoms with E-state index in [1.165, 1.54) is 0 Å². The third-order valence-electron chi connectivity index (χ3n) is 6.93. The lowest BCUT2D eigenvalue weighted by Crippen LogP contribution is -2.38. The Labute approximate surface area is 212 Å². The molecule has 1 aliphatic heterocycles. The lowest BCUT2D eigenvalue weighted by Gasteiger charge is -2.40. The van der Waals surface area contributed by atoms with Gasteiger partial charge in [-0.1, -0.05) is 26.0 Å². The largest absolute Gasteiger partial charge is 0.488 e. The average Bonchev–Trinajstić information content (AvgIpc) is 3.11. The number of anilines is 1. The van der Waals surface area contributed by atoms with E-state index in [-0.39, 0.29) is 6.42 Å². The Bertz CT molecular complexity index is 1220. The molecule has 0 unspecified atom stereocenters. The molecule has 186 valence electrons. The Morgan fingerprint density at radius 2 is 1.69 bits per heavy atom. The van der Waals surface area contributed by atoms with Gasteiger partial charge in [0.1, 0.15) is 12.4 Å². The predicted molar refractivity (Wildman–Crippen MR) is 142 cm³/mol. The molecule has 4 rings (SSSR count). The van der Waals surface area contributed by atoms with Gasteiger partial charge in [-0.2, -0.15) is 0 Å². The summed E-state index contributed by atoms with van der Waals surface area (Å²) in [4.78, 5) is 24.5. The van der Waals surface area contributed by atoms with Crippen LogP contribution in [0.4, 0.5) is 5.69 Å². The van der Waals surface area contributed by atoms with Crippen molar-refractivity contribution < 1.29 is 14.6 Å². The third kappa shape index (κ3) is 5.67. The van der Waals surface area contributed by atoms with Crippen molar-refractivity contribution in [3.63, 3.8) is 0 Å². The molecule has 0 aliphatic carbocycles. The standard InChI is InChI=1S/C28H35N3O3S/c1-17-23(15-25(32)33)27(31-13-11-28(5,6)12-14-31)26(19(3)29-17)21-7-9-22(10-8-21)34-16-24-18(2)30-20(4)35-24/h7-10H,11-16H2,1-6H3,(H,32,33). The van der Waals surface area contributed by atoms with Crippen LogP contribution in [0.5, 0.6) is 5.75 Å². The van der Waals surface area contributed by atoms with E-state index in [9.17, 15) is 9.90 Å². The molecule has 0 atom stereocenters. The fraction of sp³-hybridized carbons (Fsp3) is 0.464. The highest BCUT2D eigenvalue weighted by molar-refractivity contribution is 7.11. The van der Waals surface area contributed by atoms with Crippen LogP contribution in [0.2, 0.25) is 0 Å². The van der Waals surface area contributed by atoms with Gasteiger partial charge >= 0.3 is 5.97 Å². The molecular weight excluding hydrogens is 458 g/mol. The summed E-state index contributed by atoms with van der Waals surface area (Å²) in [5, 5.41) is 10.7. The van der Waals surface area contributed by atoms with Crippen molar-refractivity contribution in [2.24, 2.45) is 5.41 Å². The zero-order chi connectivity index (χ0) is 25.3. The van der Waals surface area contributed by atoms with Crippen LogP contribution in [-0.4, -0.2) is 34.1 Å². The second kappa shape index (κ2) is 9.97. The van der Waals surface area contributed by atoms with E-state index in [1.54, 1.807) is 11.3 Å². The fourth-order valence-electron chi connectivity index (χ4n) is 4.84. The van der Waals surface area contributed by atoms with Crippen LogP contribution in [0.3, 0.4) is 0 Å². The van der Waals surface area contributed by atoms with Gasteiger partial charge in [-0.15, -0.1) is 11.3 Å². The van der Waals surface area contributed by atoms with E-state index >= 15 is 0 Å². The molecule has 6 nitrogen and oxygen atoms in total. The molecule has 7 heteroatoms. The van der Waals surface area contributed by atoms with Gasteiger partial charge in [-0.05, 0) is 63.6 Å². The molecule has 0 saturated carbocycles. The van der Waals surface area contributed by atoms with E-state index in [0.29, 0.717) is 12.0 Å². The highest BCUT2D eigenvalue weighted by atomic mass is 32.1. The van der Waals surface area contributed by atoms with Crippen LogP contribution < -0.4 is 9.64 Å². The summed E-state index contributed by atoms with van der Waals surface area (Å²) in [5.74, 6) is -0.0374. The minimum absolute atomic E-state index is 0.0316. The lowest BCUT2D eigenvalue weighted by molar-refractivity contribution is -0.136. The van der Waals surface area contributed by atoms with Gasteiger partial charge in [-0.25, -0.2) is 4.98 Å². The number of aromatic nitrogens is 2. The van der Waals surface area contributed by atoms with E-state index < -0.39 is 5.97 Å². The molecule has 1 fully saturated rings. The minimum Gasteiger partial charge on any atom is -0.488 e. The first-order valence-corrected chi connectivity index (χ1v) is 13.0. The molecule has 1 aliphatic rings. The van der Waals surface area contributed by atoms with Crippen LogP contribution in [-0.2, 0) is 17.8 Å². The summed E-state index contributed by atoms with van der Waals surface area (Å²) < 4.78 is 6.04. The summed E-state index contributed by atoms with van der Waals surface area (Å²) in [6, 6.07) is 8.08. The van der Waals surface area contributed by atoms with Crippen molar-refractivity contribution in [3.05, 3.63) is 56.8 Å². The maximum Gasteiger partial charge on any atom is 0.307 e. The quantitative estimate of drug-likeness (QED) is 0.418. The molecule has 1 N–H and O–H groups in total. The molecular formula is C28H35N3O3S.